The Labute approximate surface area is 127 Å². The van der Waals surface area contributed by atoms with Crippen LogP contribution in [0.1, 0.15) is 39.8 Å². The van der Waals surface area contributed by atoms with E-state index in [4.69, 9.17) is 10.5 Å². The summed E-state index contributed by atoms with van der Waals surface area (Å²) in [5.41, 5.74) is 5.95. The summed E-state index contributed by atoms with van der Waals surface area (Å²) in [4.78, 5) is 0.253. The third kappa shape index (κ3) is 5.10. The van der Waals surface area contributed by atoms with E-state index in [2.05, 4.69) is 4.72 Å². The third-order valence-electron chi connectivity index (χ3n) is 3.17. The van der Waals surface area contributed by atoms with Crippen molar-refractivity contribution in [1.29, 1.82) is 0 Å². The molecule has 0 atom stereocenters. The summed E-state index contributed by atoms with van der Waals surface area (Å²) >= 11 is 0. The molecule has 1 heterocycles. The second-order valence-electron chi connectivity index (χ2n) is 5.58. The van der Waals surface area contributed by atoms with Crippen molar-refractivity contribution in [2.75, 3.05) is 13.2 Å². The summed E-state index contributed by atoms with van der Waals surface area (Å²) in [6.45, 7) is 9.47. The fraction of sp³-hybridized carbons (Fsp3) is 0.714. The van der Waals surface area contributed by atoms with Crippen molar-refractivity contribution in [2.24, 2.45) is 5.73 Å². The van der Waals surface area contributed by atoms with Gasteiger partial charge in [0.15, 0.2) is 0 Å². The molecule has 0 spiro atoms. The molecule has 1 aromatic heterocycles. The first-order valence-electron chi connectivity index (χ1n) is 7.28. The average molecular weight is 317 g/mol. The van der Waals surface area contributed by atoms with Crippen molar-refractivity contribution in [3.05, 3.63) is 18.0 Å². The minimum Gasteiger partial charge on any atom is -0.375 e. The lowest BCUT2D eigenvalue weighted by Crippen LogP contribution is -2.40. The molecule has 0 unspecified atom stereocenters. The molecule has 0 saturated carbocycles. The van der Waals surface area contributed by atoms with E-state index in [1.54, 1.807) is 12.3 Å². The van der Waals surface area contributed by atoms with E-state index in [1.807, 2.05) is 32.3 Å². The maximum atomic E-state index is 12.3. The van der Waals surface area contributed by atoms with Crippen LogP contribution in [0.25, 0.3) is 0 Å². The highest BCUT2D eigenvalue weighted by molar-refractivity contribution is 7.89. The van der Waals surface area contributed by atoms with E-state index in [1.165, 1.54) is 0 Å². The first-order valence-corrected chi connectivity index (χ1v) is 8.76. The predicted molar refractivity (Wildman–Crippen MR) is 83.5 cm³/mol. The van der Waals surface area contributed by atoms with Gasteiger partial charge in [0.1, 0.15) is 0 Å². The number of nitrogens with two attached hydrogens (primary N) is 1. The molecule has 1 aromatic rings. The number of aromatic nitrogens is 1. The molecule has 1 rings (SSSR count). The normalized spacial score (nSPS) is 12.8. The monoisotopic (exact) mass is 317 g/mol. The highest BCUT2D eigenvalue weighted by Gasteiger charge is 2.23. The van der Waals surface area contributed by atoms with Crippen LogP contribution in [0, 0.1) is 0 Å². The average Bonchev–Trinajstić information content (AvgIpc) is 2.81. The van der Waals surface area contributed by atoms with Crippen molar-refractivity contribution in [1.82, 2.24) is 9.29 Å². The van der Waals surface area contributed by atoms with Crippen LogP contribution in [0.2, 0.25) is 0 Å². The Morgan fingerprint density at radius 1 is 1.38 bits per heavy atom. The molecule has 0 bridgehead atoms. The van der Waals surface area contributed by atoms with E-state index < -0.39 is 15.6 Å². The molecule has 0 aliphatic carbocycles. The Balaban J connectivity index is 2.88. The SMILES string of the molecule is CCCn1cc(S(=O)(=O)NCC(C)(C)OCC)cc1CN. The van der Waals surface area contributed by atoms with Crippen molar-refractivity contribution < 1.29 is 13.2 Å². The Morgan fingerprint density at radius 3 is 2.57 bits per heavy atom. The fourth-order valence-corrected chi connectivity index (χ4v) is 3.35. The number of sulfonamides is 1. The highest BCUT2D eigenvalue weighted by atomic mass is 32.2. The van der Waals surface area contributed by atoms with Crippen LogP contribution < -0.4 is 10.5 Å². The molecule has 21 heavy (non-hydrogen) atoms. The van der Waals surface area contributed by atoms with Gasteiger partial charge in [-0.25, -0.2) is 13.1 Å². The quantitative estimate of drug-likeness (QED) is 0.722. The van der Waals surface area contributed by atoms with Gasteiger partial charge >= 0.3 is 0 Å². The molecule has 0 aliphatic rings. The second kappa shape index (κ2) is 7.40. The molecule has 3 N–H and O–H groups in total. The van der Waals surface area contributed by atoms with Gasteiger partial charge in [-0.15, -0.1) is 0 Å². The number of hydrogen-bond acceptors (Lipinski definition) is 4. The minimum atomic E-state index is -3.55. The van der Waals surface area contributed by atoms with E-state index in [9.17, 15) is 8.42 Å². The van der Waals surface area contributed by atoms with Crippen molar-refractivity contribution >= 4 is 10.0 Å². The molecule has 0 saturated heterocycles. The first kappa shape index (κ1) is 18.2. The largest absolute Gasteiger partial charge is 0.375 e. The van der Waals surface area contributed by atoms with Gasteiger partial charge in [0, 0.05) is 38.1 Å². The number of rotatable bonds is 9. The lowest BCUT2D eigenvalue weighted by atomic mass is 10.1. The topological polar surface area (TPSA) is 86.3 Å². The van der Waals surface area contributed by atoms with Gasteiger partial charge in [-0.05, 0) is 33.3 Å². The lowest BCUT2D eigenvalue weighted by Gasteiger charge is -2.24. The zero-order chi connectivity index (χ0) is 16.1. The van der Waals surface area contributed by atoms with E-state index in [-0.39, 0.29) is 11.4 Å². The fourth-order valence-electron chi connectivity index (χ4n) is 2.09. The van der Waals surface area contributed by atoms with Crippen LogP contribution in [-0.2, 0) is 27.8 Å². The summed E-state index contributed by atoms with van der Waals surface area (Å²) in [5.74, 6) is 0. The zero-order valence-electron chi connectivity index (χ0n) is 13.3. The molecular formula is C14H27N3O3S. The Hall–Kier alpha value is -0.890. The van der Waals surface area contributed by atoms with Gasteiger partial charge in [0.05, 0.1) is 10.5 Å². The maximum absolute atomic E-state index is 12.3. The molecule has 0 amide bonds. The van der Waals surface area contributed by atoms with Crippen LogP contribution in [0.4, 0.5) is 0 Å². The summed E-state index contributed by atoms with van der Waals surface area (Å²) in [6.07, 6.45) is 2.56. The van der Waals surface area contributed by atoms with Crippen LogP contribution in [0.3, 0.4) is 0 Å². The smallest absolute Gasteiger partial charge is 0.242 e. The van der Waals surface area contributed by atoms with Gasteiger partial charge in [0.25, 0.3) is 0 Å². The van der Waals surface area contributed by atoms with Crippen molar-refractivity contribution in [3.63, 3.8) is 0 Å². The third-order valence-corrected chi connectivity index (χ3v) is 4.54. The summed E-state index contributed by atoms with van der Waals surface area (Å²) in [6, 6.07) is 1.63. The van der Waals surface area contributed by atoms with Crippen LogP contribution in [-0.4, -0.2) is 31.7 Å². The molecule has 0 aromatic carbocycles. The minimum absolute atomic E-state index is 0.222. The lowest BCUT2D eigenvalue weighted by molar-refractivity contribution is -0.00515. The molecule has 7 heteroatoms. The van der Waals surface area contributed by atoms with Crippen LogP contribution in [0.5, 0.6) is 0 Å². The number of aryl methyl sites for hydroxylation is 1. The van der Waals surface area contributed by atoms with Crippen LogP contribution in [0.15, 0.2) is 17.2 Å². The summed E-state index contributed by atoms with van der Waals surface area (Å²) in [5, 5.41) is 0. The Bertz CT molecular complexity index is 550. The molecule has 0 aliphatic heterocycles. The second-order valence-corrected chi connectivity index (χ2v) is 7.35. The standard InChI is InChI=1S/C14H27N3O3S/c1-5-7-17-10-13(8-12(17)9-15)21(18,19)16-11-14(3,4)20-6-2/h8,10,16H,5-7,9,11,15H2,1-4H3. The van der Waals surface area contributed by atoms with Gasteiger partial charge in [-0.1, -0.05) is 6.92 Å². The number of hydrogen-bond donors (Lipinski definition) is 2. The van der Waals surface area contributed by atoms with Crippen molar-refractivity contribution in [2.45, 2.75) is 57.7 Å². The Kier molecular flexibility index (Phi) is 6.40. The zero-order valence-corrected chi connectivity index (χ0v) is 14.2. The van der Waals surface area contributed by atoms with Gasteiger partial charge in [0.2, 0.25) is 10.0 Å². The highest BCUT2D eigenvalue weighted by Crippen LogP contribution is 2.16. The molecule has 6 nitrogen and oxygen atoms in total. The summed E-state index contributed by atoms with van der Waals surface area (Å²) < 4.78 is 34.7. The number of nitrogens with zero attached hydrogens (tertiary/aromatic N) is 1. The van der Waals surface area contributed by atoms with E-state index in [0.717, 1.165) is 18.7 Å². The van der Waals surface area contributed by atoms with E-state index in [0.29, 0.717) is 13.2 Å². The maximum Gasteiger partial charge on any atom is 0.242 e. The molecular weight excluding hydrogens is 290 g/mol. The van der Waals surface area contributed by atoms with E-state index >= 15 is 0 Å². The molecule has 0 radical (unpaired) electrons. The first-order chi connectivity index (χ1) is 9.75. The van der Waals surface area contributed by atoms with Gasteiger partial charge < -0.3 is 15.0 Å². The van der Waals surface area contributed by atoms with Crippen molar-refractivity contribution in [3.8, 4) is 0 Å². The predicted octanol–water partition coefficient (Wildman–Crippen LogP) is 1.45. The van der Waals surface area contributed by atoms with Crippen LogP contribution >= 0.6 is 0 Å². The number of nitrogens with one attached hydrogen (secondary N) is 1. The Morgan fingerprint density at radius 2 is 2.05 bits per heavy atom. The molecule has 122 valence electrons. The number of ether oxygens (including phenoxy) is 1. The van der Waals surface area contributed by atoms with Gasteiger partial charge in [-0.3, -0.25) is 0 Å². The molecule has 0 fully saturated rings. The summed E-state index contributed by atoms with van der Waals surface area (Å²) in [7, 11) is -3.55. The van der Waals surface area contributed by atoms with Gasteiger partial charge in [-0.2, -0.15) is 0 Å².